The molecule has 1 aromatic heterocycles. The highest BCUT2D eigenvalue weighted by Crippen LogP contribution is 2.19. The summed E-state index contributed by atoms with van der Waals surface area (Å²) in [6, 6.07) is 2.09. The standard InChI is InChI=1S/C16H29N3O/c1-6-19(10-11-20-7-2)15-8-9-17-12-14(15)13-18-16(3,4)5/h8-9,12,18H,6-7,10-11,13H2,1-5H3. The van der Waals surface area contributed by atoms with E-state index in [4.69, 9.17) is 4.74 Å². The molecule has 1 rings (SSSR count). The first-order valence-corrected chi connectivity index (χ1v) is 7.48. The van der Waals surface area contributed by atoms with Gasteiger partial charge >= 0.3 is 0 Å². The van der Waals surface area contributed by atoms with Crippen LogP contribution in [0.5, 0.6) is 0 Å². The van der Waals surface area contributed by atoms with Crippen LogP contribution in [0.25, 0.3) is 0 Å². The number of nitrogens with zero attached hydrogens (tertiary/aromatic N) is 2. The van der Waals surface area contributed by atoms with Gasteiger partial charge in [0.15, 0.2) is 0 Å². The number of hydrogen-bond donors (Lipinski definition) is 1. The average molecular weight is 279 g/mol. The fourth-order valence-corrected chi connectivity index (χ4v) is 1.99. The molecule has 0 aliphatic heterocycles. The van der Waals surface area contributed by atoms with E-state index in [1.54, 1.807) is 0 Å². The molecule has 114 valence electrons. The van der Waals surface area contributed by atoms with Crippen LogP contribution < -0.4 is 10.2 Å². The number of ether oxygens (including phenoxy) is 1. The van der Waals surface area contributed by atoms with Crippen molar-refractivity contribution in [2.24, 2.45) is 0 Å². The van der Waals surface area contributed by atoms with Gasteiger partial charge < -0.3 is 15.0 Å². The maximum atomic E-state index is 5.47. The highest BCUT2D eigenvalue weighted by Gasteiger charge is 2.13. The average Bonchev–Trinajstić information content (AvgIpc) is 2.41. The number of pyridine rings is 1. The normalized spacial score (nSPS) is 11.7. The molecule has 0 bridgehead atoms. The smallest absolute Gasteiger partial charge is 0.0641 e. The Kier molecular flexibility index (Phi) is 6.96. The molecule has 0 radical (unpaired) electrons. The predicted molar refractivity (Wildman–Crippen MR) is 85.2 cm³/mol. The van der Waals surface area contributed by atoms with Gasteiger partial charge in [-0.2, -0.15) is 0 Å². The number of anilines is 1. The Labute approximate surface area is 123 Å². The van der Waals surface area contributed by atoms with Crippen LogP contribution in [0.15, 0.2) is 18.5 Å². The van der Waals surface area contributed by atoms with E-state index in [1.165, 1.54) is 11.3 Å². The molecule has 0 saturated carbocycles. The second-order valence-electron chi connectivity index (χ2n) is 5.88. The maximum absolute atomic E-state index is 5.47. The van der Waals surface area contributed by atoms with Gasteiger partial charge in [-0.15, -0.1) is 0 Å². The summed E-state index contributed by atoms with van der Waals surface area (Å²) >= 11 is 0. The lowest BCUT2D eigenvalue weighted by Gasteiger charge is -2.27. The zero-order valence-corrected chi connectivity index (χ0v) is 13.6. The van der Waals surface area contributed by atoms with Crippen molar-refractivity contribution in [3.63, 3.8) is 0 Å². The molecular weight excluding hydrogens is 250 g/mol. The first-order chi connectivity index (χ1) is 9.48. The maximum Gasteiger partial charge on any atom is 0.0641 e. The van der Waals surface area contributed by atoms with Crippen LogP contribution in [-0.2, 0) is 11.3 Å². The lowest BCUT2D eigenvalue weighted by molar-refractivity contribution is 0.154. The molecule has 4 heteroatoms. The molecule has 1 N–H and O–H groups in total. The van der Waals surface area contributed by atoms with Crippen molar-refractivity contribution in [1.29, 1.82) is 0 Å². The largest absolute Gasteiger partial charge is 0.380 e. The second-order valence-corrected chi connectivity index (χ2v) is 5.88. The van der Waals surface area contributed by atoms with Gasteiger partial charge in [0.1, 0.15) is 0 Å². The summed E-state index contributed by atoms with van der Waals surface area (Å²) in [5.41, 5.74) is 2.59. The summed E-state index contributed by atoms with van der Waals surface area (Å²) in [4.78, 5) is 6.61. The van der Waals surface area contributed by atoms with Crippen molar-refractivity contribution >= 4 is 5.69 Å². The highest BCUT2D eigenvalue weighted by atomic mass is 16.5. The number of likely N-dealkylation sites (N-methyl/N-ethyl adjacent to an activating group) is 1. The molecule has 0 spiro atoms. The van der Waals surface area contributed by atoms with Crippen molar-refractivity contribution in [1.82, 2.24) is 10.3 Å². The van der Waals surface area contributed by atoms with Gasteiger partial charge in [-0.1, -0.05) is 0 Å². The van der Waals surface area contributed by atoms with Crippen LogP contribution in [0, 0.1) is 0 Å². The Morgan fingerprint density at radius 1 is 1.30 bits per heavy atom. The zero-order valence-electron chi connectivity index (χ0n) is 13.6. The lowest BCUT2D eigenvalue weighted by Crippen LogP contribution is -2.36. The summed E-state index contributed by atoms with van der Waals surface area (Å²) in [7, 11) is 0. The topological polar surface area (TPSA) is 37.4 Å². The molecule has 0 aromatic carbocycles. The van der Waals surface area contributed by atoms with E-state index in [-0.39, 0.29) is 5.54 Å². The highest BCUT2D eigenvalue weighted by molar-refractivity contribution is 5.52. The van der Waals surface area contributed by atoms with Crippen LogP contribution in [0.2, 0.25) is 0 Å². The third-order valence-corrected chi connectivity index (χ3v) is 3.12. The second kappa shape index (κ2) is 8.22. The van der Waals surface area contributed by atoms with E-state index in [1.807, 2.05) is 19.3 Å². The van der Waals surface area contributed by atoms with Gasteiger partial charge in [-0.25, -0.2) is 0 Å². The van der Waals surface area contributed by atoms with Crippen molar-refractivity contribution < 1.29 is 4.74 Å². The molecule has 0 unspecified atom stereocenters. The molecule has 4 nitrogen and oxygen atoms in total. The van der Waals surface area contributed by atoms with Crippen LogP contribution >= 0.6 is 0 Å². The van der Waals surface area contributed by atoms with Gasteiger partial charge in [0.2, 0.25) is 0 Å². The Hall–Kier alpha value is -1.13. The minimum absolute atomic E-state index is 0.107. The molecule has 0 aliphatic rings. The van der Waals surface area contributed by atoms with E-state index in [0.717, 1.165) is 32.8 Å². The van der Waals surface area contributed by atoms with Crippen molar-refractivity contribution in [3.05, 3.63) is 24.0 Å². The third-order valence-electron chi connectivity index (χ3n) is 3.12. The summed E-state index contributed by atoms with van der Waals surface area (Å²) in [6.07, 6.45) is 3.82. The first kappa shape index (κ1) is 16.9. The van der Waals surface area contributed by atoms with Gasteiger partial charge in [-0.3, -0.25) is 4.98 Å². The molecule has 0 aliphatic carbocycles. The monoisotopic (exact) mass is 279 g/mol. The molecule has 0 atom stereocenters. The molecule has 0 saturated heterocycles. The molecule has 0 fully saturated rings. The van der Waals surface area contributed by atoms with Crippen molar-refractivity contribution in [2.75, 3.05) is 31.2 Å². The Morgan fingerprint density at radius 2 is 2.05 bits per heavy atom. The van der Waals surface area contributed by atoms with Crippen LogP contribution in [0.1, 0.15) is 40.2 Å². The van der Waals surface area contributed by atoms with Crippen molar-refractivity contribution in [2.45, 2.75) is 46.7 Å². The van der Waals surface area contributed by atoms with E-state index >= 15 is 0 Å². The Morgan fingerprint density at radius 3 is 2.65 bits per heavy atom. The number of hydrogen-bond acceptors (Lipinski definition) is 4. The summed E-state index contributed by atoms with van der Waals surface area (Å²) in [5, 5.41) is 3.53. The van der Waals surface area contributed by atoms with E-state index in [9.17, 15) is 0 Å². The Bertz CT molecular complexity index is 388. The quantitative estimate of drug-likeness (QED) is 0.743. The predicted octanol–water partition coefficient (Wildman–Crippen LogP) is 2.83. The number of rotatable bonds is 8. The minimum Gasteiger partial charge on any atom is -0.380 e. The van der Waals surface area contributed by atoms with E-state index in [0.29, 0.717) is 0 Å². The SMILES string of the molecule is CCOCCN(CC)c1ccncc1CNC(C)(C)C. The Balaban J connectivity index is 2.76. The number of nitrogens with one attached hydrogen (secondary N) is 1. The van der Waals surface area contributed by atoms with Crippen LogP contribution in [0.4, 0.5) is 5.69 Å². The van der Waals surface area contributed by atoms with Gasteiger partial charge in [-0.05, 0) is 40.7 Å². The molecular formula is C16H29N3O. The van der Waals surface area contributed by atoms with Crippen molar-refractivity contribution in [3.8, 4) is 0 Å². The van der Waals surface area contributed by atoms with Crippen LogP contribution in [0.3, 0.4) is 0 Å². The fourth-order valence-electron chi connectivity index (χ4n) is 1.99. The molecule has 1 aromatic rings. The zero-order chi connectivity index (χ0) is 15.0. The van der Waals surface area contributed by atoms with E-state index < -0.39 is 0 Å². The molecule has 1 heterocycles. The summed E-state index contributed by atoms with van der Waals surface area (Å²) < 4.78 is 5.47. The molecule has 0 amide bonds. The van der Waals surface area contributed by atoms with Crippen LogP contribution in [-0.4, -0.2) is 36.8 Å². The first-order valence-electron chi connectivity index (χ1n) is 7.48. The lowest BCUT2D eigenvalue weighted by atomic mass is 10.1. The molecule has 20 heavy (non-hydrogen) atoms. The summed E-state index contributed by atoms with van der Waals surface area (Å²) in [6.45, 7) is 15.0. The van der Waals surface area contributed by atoms with Gasteiger partial charge in [0, 0.05) is 55.4 Å². The minimum atomic E-state index is 0.107. The summed E-state index contributed by atoms with van der Waals surface area (Å²) in [5.74, 6) is 0. The van der Waals surface area contributed by atoms with E-state index in [2.05, 4.69) is 49.0 Å². The van der Waals surface area contributed by atoms with Gasteiger partial charge in [0.05, 0.1) is 6.61 Å². The third kappa shape index (κ3) is 5.88. The number of aromatic nitrogens is 1. The van der Waals surface area contributed by atoms with Gasteiger partial charge in [0.25, 0.3) is 0 Å². The fraction of sp³-hybridized carbons (Fsp3) is 0.688.